The molecular formula is C9H15N3O2. The highest BCUT2D eigenvalue weighted by molar-refractivity contribution is 5.33. The highest BCUT2D eigenvalue weighted by Gasteiger charge is 2.07. The molecule has 0 aromatic carbocycles. The number of nitrogens with zero attached hydrogens (tertiary/aromatic N) is 2. The van der Waals surface area contributed by atoms with Crippen LogP contribution in [-0.4, -0.2) is 23.4 Å². The Bertz CT molecular complexity index is 291. The van der Waals surface area contributed by atoms with Crippen LogP contribution in [0, 0.1) is 0 Å². The molecule has 5 heteroatoms. The van der Waals surface area contributed by atoms with Gasteiger partial charge in [-0.2, -0.15) is 5.10 Å². The highest BCUT2D eigenvalue weighted by Crippen LogP contribution is 2.23. The first-order valence-corrected chi connectivity index (χ1v) is 4.64. The van der Waals surface area contributed by atoms with Gasteiger partial charge in [0.1, 0.15) is 0 Å². The minimum absolute atomic E-state index is 0.347. The highest BCUT2D eigenvalue weighted by atomic mass is 16.5. The number of nitrogens with two attached hydrogens (primary N) is 1. The average molecular weight is 197 g/mol. The molecule has 1 aromatic rings. The lowest BCUT2D eigenvalue weighted by Crippen LogP contribution is -2.06. The monoisotopic (exact) mass is 197 g/mol. The molecule has 1 aromatic heterocycles. The fourth-order valence-corrected chi connectivity index (χ4v) is 0.996. The van der Waals surface area contributed by atoms with Gasteiger partial charge < -0.3 is 15.2 Å². The van der Waals surface area contributed by atoms with Crippen molar-refractivity contribution < 1.29 is 9.47 Å². The second-order valence-corrected chi connectivity index (χ2v) is 2.58. The summed E-state index contributed by atoms with van der Waals surface area (Å²) in [7, 11) is 0. The van der Waals surface area contributed by atoms with Crippen LogP contribution in [0.25, 0.3) is 0 Å². The van der Waals surface area contributed by atoms with Gasteiger partial charge in [-0.1, -0.05) is 0 Å². The van der Waals surface area contributed by atoms with Gasteiger partial charge in [-0.15, -0.1) is 5.10 Å². The van der Waals surface area contributed by atoms with Crippen molar-refractivity contribution in [3.05, 3.63) is 11.8 Å². The van der Waals surface area contributed by atoms with Crippen molar-refractivity contribution in [2.45, 2.75) is 20.4 Å². The van der Waals surface area contributed by atoms with Crippen LogP contribution in [0.3, 0.4) is 0 Å². The number of aromatic nitrogens is 2. The van der Waals surface area contributed by atoms with Crippen LogP contribution in [0.15, 0.2) is 6.07 Å². The second-order valence-electron chi connectivity index (χ2n) is 2.58. The molecule has 5 nitrogen and oxygen atoms in total. The normalized spacial score (nSPS) is 9.93. The predicted molar refractivity (Wildman–Crippen MR) is 52.3 cm³/mol. The lowest BCUT2D eigenvalue weighted by atomic mass is 10.3. The molecule has 1 rings (SSSR count). The van der Waals surface area contributed by atoms with Crippen molar-refractivity contribution in [3.8, 4) is 11.6 Å². The van der Waals surface area contributed by atoms with Gasteiger partial charge in [-0.3, -0.25) is 0 Å². The molecule has 0 bridgehead atoms. The zero-order valence-corrected chi connectivity index (χ0v) is 8.49. The van der Waals surface area contributed by atoms with Crippen LogP contribution >= 0.6 is 0 Å². The standard InChI is InChI=1S/C9H15N3O2/c1-3-13-8-5-7(6-10)11-12-9(8)14-4-2/h5H,3-4,6,10H2,1-2H3. The molecule has 0 unspecified atom stereocenters. The van der Waals surface area contributed by atoms with Crippen LogP contribution in [0.5, 0.6) is 11.6 Å². The minimum atomic E-state index is 0.347. The molecule has 0 atom stereocenters. The van der Waals surface area contributed by atoms with Crippen molar-refractivity contribution in [2.75, 3.05) is 13.2 Å². The first kappa shape index (κ1) is 10.7. The Kier molecular flexibility index (Phi) is 4.12. The van der Waals surface area contributed by atoms with Crippen molar-refractivity contribution in [3.63, 3.8) is 0 Å². The molecule has 2 N–H and O–H groups in total. The topological polar surface area (TPSA) is 70.3 Å². The molecule has 0 aliphatic heterocycles. The lowest BCUT2D eigenvalue weighted by molar-refractivity contribution is 0.274. The van der Waals surface area contributed by atoms with E-state index >= 15 is 0 Å². The summed E-state index contributed by atoms with van der Waals surface area (Å²) in [6.45, 7) is 5.23. The molecule has 0 saturated heterocycles. The van der Waals surface area contributed by atoms with E-state index in [0.29, 0.717) is 37.1 Å². The van der Waals surface area contributed by atoms with Crippen LogP contribution in [0.2, 0.25) is 0 Å². The summed E-state index contributed by atoms with van der Waals surface area (Å²) in [4.78, 5) is 0. The summed E-state index contributed by atoms with van der Waals surface area (Å²) in [5.74, 6) is 1.02. The van der Waals surface area contributed by atoms with Crippen molar-refractivity contribution in [2.24, 2.45) is 5.73 Å². The summed E-state index contributed by atoms with van der Waals surface area (Å²) < 4.78 is 10.6. The van der Waals surface area contributed by atoms with Crippen molar-refractivity contribution in [1.82, 2.24) is 10.2 Å². The van der Waals surface area contributed by atoms with Gasteiger partial charge in [0.25, 0.3) is 5.88 Å². The Morgan fingerprint density at radius 2 is 1.93 bits per heavy atom. The summed E-state index contributed by atoms with van der Waals surface area (Å²) in [6.07, 6.45) is 0. The molecule has 0 saturated carbocycles. The Morgan fingerprint density at radius 1 is 1.21 bits per heavy atom. The SMILES string of the molecule is CCOc1cc(CN)nnc1OCC. The van der Waals surface area contributed by atoms with E-state index in [1.807, 2.05) is 13.8 Å². The summed E-state index contributed by atoms with van der Waals surface area (Å²) in [6, 6.07) is 1.75. The molecular weight excluding hydrogens is 182 g/mol. The number of rotatable bonds is 5. The van der Waals surface area contributed by atoms with Gasteiger partial charge in [-0.05, 0) is 13.8 Å². The Labute approximate surface area is 83.2 Å². The Balaban J connectivity index is 2.91. The van der Waals surface area contributed by atoms with E-state index in [1.165, 1.54) is 0 Å². The zero-order valence-electron chi connectivity index (χ0n) is 8.49. The first-order chi connectivity index (χ1) is 6.81. The van der Waals surface area contributed by atoms with E-state index in [0.717, 1.165) is 0 Å². The van der Waals surface area contributed by atoms with Crippen LogP contribution in [-0.2, 0) is 6.54 Å². The first-order valence-electron chi connectivity index (χ1n) is 4.64. The average Bonchev–Trinajstić information content (AvgIpc) is 2.21. The number of hydrogen-bond acceptors (Lipinski definition) is 5. The Morgan fingerprint density at radius 3 is 2.50 bits per heavy atom. The molecule has 78 valence electrons. The van der Waals surface area contributed by atoms with E-state index in [9.17, 15) is 0 Å². The van der Waals surface area contributed by atoms with Gasteiger partial charge in [-0.25, -0.2) is 0 Å². The number of ether oxygens (including phenoxy) is 2. The van der Waals surface area contributed by atoms with Gasteiger partial charge in [0.2, 0.25) is 0 Å². The quantitative estimate of drug-likeness (QED) is 0.753. The molecule has 0 aliphatic rings. The van der Waals surface area contributed by atoms with E-state index in [4.69, 9.17) is 15.2 Å². The largest absolute Gasteiger partial charge is 0.488 e. The van der Waals surface area contributed by atoms with Crippen LogP contribution in [0.1, 0.15) is 19.5 Å². The predicted octanol–water partition coefficient (Wildman–Crippen LogP) is 0.733. The molecule has 0 spiro atoms. The maximum absolute atomic E-state index is 5.44. The van der Waals surface area contributed by atoms with Crippen molar-refractivity contribution >= 4 is 0 Å². The third kappa shape index (κ3) is 2.56. The summed E-state index contributed by atoms with van der Waals surface area (Å²) in [5.41, 5.74) is 6.13. The lowest BCUT2D eigenvalue weighted by Gasteiger charge is -2.09. The van der Waals surface area contributed by atoms with E-state index in [2.05, 4.69) is 10.2 Å². The van der Waals surface area contributed by atoms with Gasteiger partial charge in [0.15, 0.2) is 5.75 Å². The zero-order chi connectivity index (χ0) is 10.4. The molecule has 1 heterocycles. The van der Waals surface area contributed by atoms with E-state index < -0.39 is 0 Å². The van der Waals surface area contributed by atoms with Crippen molar-refractivity contribution in [1.29, 1.82) is 0 Å². The fraction of sp³-hybridized carbons (Fsp3) is 0.556. The summed E-state index contributed by atoms with van der Waals surface area (Å²) in [5, 5.41) is 7.76. The molecule has 0 amide bonds. The third-order valence-corrected chi connectivity index (χ3v) is 1.57. The number of hydrogen-bond donors (Lipinski definition) is 1. The summed E-state index contributed by atoms with van der Waals surface area (Å²) >= 11 is 0. The maximum Gasteiger partial charge on any atom is 0.276 e. The Hall–Kier alpha value is -1.36. The van der Waals surface area contributed by atoms with Gasteiger partial charge in [0, 0.05) is 12.6 Å². The van der Waals surface area contributed by atoms with Gasteiger partial charge in [0.05, 0.1) is 18.9 Å². The fourth-order valence-electron chi connectivity index (χ4n) is 0.996. The molecule has 0 radical (unpaired) electrons. The minimum Gasteiger partial charge on any atom is -0.488 e. The van der Waals surface area contributed by atoms with E-state index in [1.54, 1.807) is 6.07 Å². The van der Waals surface area contributed by atoms with Gasteiger partial charge >= 0.3 is 0 Å². The molecule has 14 heavy (non-hydrogen) atoms. The molecule has 0 aliphatic carbocycles. The maximum atomic E-state index is 5.44. The van der Waals surface area contributed by atoms with E-state index in [-0.39, 0.29) is 0 Å². The van der Waals surface area contributed by atoms with Crippen LogP contribution < -0.4 is 15.2 Å². The third-order valence-electron chi connectivity index (χ3n) is 1.57. The molecule has 0 fully saturated rings. The smallest absolute Gasteiger partial charge is 0.276 e. The van der Waals surface area contributed by atoms with Crippen LogP contribution in [0.4, 0.5) is 0 Å². The second kappa shape index (κ2) is 5.39.